The molecule has 8 nitrogen and oxygen atoms in total. The average molecular weight is 447 g/mol. The van der Waals surface area contributed by atoms with Crippen LogP contribution in [0.2, 0.25) is 0 Å². The molecular weight excluding hydrogens is 420 g/mol. The minimum atomic E-state index is -0.619. The number of benzene rings is 1. The van der Waals surface area contributed by atoms with Crippen molar-refractivity contribution in [2.45, 2.75) is 33.6 Å². The smallest absolute Gasteiger partial charge is 0.341 e. The Morgan fingerprint density at radius 3 is 2.45 bits per heavy atom. The van der Waals surface area contributed by atoms with Gasteiger partial charge in [0, 0.05) is 17.0 Å². The molecule has 2 aromatic rings. The van der Waals surface area contributed by atoms with Crippen molar-refractivity contribution in [3.8, 4) is 0 Å². The van der Waals surface area contributed by atoms with Crippen LogP contribution in [-0.4, -0.2) is 43.5 Å². The summed E-state index contributed by atoms with van der Waals surface area (Å²) < 4.78 is 9.96. The van der Waals surface area contributed by atoms with Crippen molar-refractivity contribution in [2.24, 2.45) is 0 Å². The van der Waals surface area contributed by atoms with Gasteiger partial charge in [-0.15, -0.1) is 11.3 Å². The number of thiophene rings is 1. The van der Waals surface area contributed by atoms with E-state index >= 15 is 0 Å². The maximum atomic E-state index is 12.1. The van der Waals surface area contributed by atoms with Crippen LogP contribution in [0.3, 0.4) is 0 Å². The molecule has 0 saturated carbocycles. The quantitative estimate of drug-likeness (QED) is 0.543. The first kappa shape index (κ1) is 24.1. The van der Waals surface area contributed by atoms with Crippen LogP contribution in [0.25, 0.3) is 0 Å². The molecule has 1 heterocycles. The van der Waals surface area contributed by atoms with E-state index < -0.39 is 24.5 Å². The summed E-state index contributed by atoms with van der Waals surface area (Å²) in [6.07, 6.45) is 0.633. The molecule has 0 spiro atoms. The number of carbonyl (C=O) groups is 4. The van der Waals surface area contributed by atoms with Crippen LogP contribution in [0.1, 0.15) is 51.4 Å². The molecule has 1 aromatic heterocycles. The lowest BCUT2D eigenvalue weighted by molar-refractivity contribution is -0.147. The van der Waals surface area contributed by atoms with E-state index in [0.717, 1.165) is 10.4 Å². The predicted octanol–water partition coefficient (Wildman–Crippen LogP) is 3.10. The van der Waals surface area contributed by atoms with Crippen molar-refractivity contribution in [1.29, 1.82) is 0 Å². The molecule has 9 heteroatoms. The van der Waals surface area contributed by atoms with Gasteiger partial charge in [-0.1, -0.05) is 25.1 Å². The van der Waals surface area contributed by atoms with E-state index in [2.05, 4.69) is 10.6 Å². The van der Waals surface area contributed by atoms with E-state index in [1.54, 1.807) is 25.1 Å². The van der Waals surface area contributed by atoms with Crippen molar-refractivity contribution in [1.82, 2.24) is 5.32 Å². The number of ether oxygens (including phenoxy) is 2. The summed E-state index contributed by atoms with van der Waals surface area (Å²) in [7, 11) is 0. The summed E-state index contributed by atoms with van der Waals surface area (Å²) >= 11 is 1.27. The largest absolute Gasteiger partial charge is 0.462 e. The van der Waals surface area contributed by atoms with Gasteiger partial charge in [0.1, 0.15) is 5.00 Å². The standard InChI is InChI=1S/C22H26N2O6S/c1-4-15-12-17(22(28)29-5-2)21(31-15)24-18(25)13-30-19(26)10-11-23-20(27)16-9-7-6-8-14(16)3/h6-9,12H,4-5,10-11,13H2,1-3H3,(H,23,27)(H,24,25). The normalized spacial score (nSPS) is 10.3. The van der Waals surface area contributed by atoms with Gasteiger partial charge in [0.25, 0.3) is 11.8 Å². The van der Waals surface area contributed by atoms with E-state index in [1.165, 1.54) is 11.3 Å². The van der Waals surface area contributed by atoms with Gasteiger partial charge in [0.05, 0.1) is 18.6 Å². The molecule has 0 aliphatic heterocycles. The minimum Gasteiger partial charge on any atom is -0.462 e. The molecule has 0 aliphatic rings. The topological polar surface area (TPSA) is 111 Å². The predicted molar refractivity (Wildman–Crippen MR) is 117 cm³/mol. The molecule has 2 rings (SSSR count). The number of esters is 2. The number of amides is 2. The van der Waals surface area contributed by atoms with Crippen LogP contribution >= 0.6 is 11.3 Å². The first-order valence-corrected chi connectivity index (χ1v) is 10.8. The van der Waals surface area contributed by atoms with Crippen LogP contribution in [-0.2, 0) is 25.5 Å². The second-order valence-electron chi connectivity index (χ2n) is 6.56. The summed E-state index contributed by atoms with van der Waals surface area (Å²) in [6.45, 7) is 5.28. The number of nitrogens with one attached hydrogen (secondary N) is 2. The van der Waals surface area contributed by atoms with Crippen LogP contribution in [0.5, 0.6) is 0 Å². The molecule has 0 radical (unpaired) electrons. The maximum absolute atomic E-state index is 12.1. The van der Waals surface area contributed by atoms with E-state index in [-0.39, 0.29) is 31.0 Å². The Morgan fingerprint density at radius 2 is 1.77 bits per heavy atom. The van der Waals surface area contributed by atoms with E-state index in [0.29, 0.717) is 17.0 Å². The SMILES string of the molecule is CCOC(=O)c1cc(CC)sc1NC(=O)COC(=O)CCNC(=O)c1ccccc1C. The van der Waals surface area contributed by atoms with Crippen molar-refractivity contribution in [2.75, 3.05) is 25.1 Å². The minimum absolute atomic E-state index is 0.0715. The zero-order valence-electron chi connectivity index (χ0n) is 17.8. The van der Waals surface area contributed by atoms with Gasteiger partial charge >= 0.3 is 11.9 Å². The Labute approximate surface area is 184 Å². The summed E-state index contributed by atoms with van der Waals surface area (Å²) in [4.78, 5) is 49.1. The van der Waals surface area contributed by atoms with Gasteiger partial charge in [-0.05, 0) is 38.0 Å². The zero-order valence-corrected chi connectivity index (χ0v) is 18.6. The number of anilines is 1. The second-order valence-corrected chi connectivity index (χ2v) is 7.70. The Morgan fingerprint density at radius 1 is 1.03 bits per heavy atom. The summed E-state index contributed by atoms with van der Waals surface area (Å²) in [5.41, 5.74) is 1.65. The zero-order chi connectivity index (χ0) is 22.8. The second kappa shape index (κ2) is 11.8. The van der Waals surface area contributed by atoms with Crippen molar-refractivity contribution in [3.63, 3.8) is 0 Å². The third-order valence-electron chi connectivity index (χ3n) is 4.25. The van der Waals surface area contributed by atoms with Crippen LogP contribution < -0.4 is 10.6 Å². The van der Waals surface area contributed by atoms with Crippen molar-refractivity contribution >= 4 is 40.1 Å². The fraction of sp³-hybridized carbons (Fsp3) is 0.364. The molecule has 0 saturated heterocycles. The monoisotopic (exact) mass is 446 g/mol. The number of carbonyl (C=O) groups excluding carboxylic acids is 4. The molecule has 2 amide bonds. The van der Waals surface area contributed by atoms with Gasteiger partial charge in [-0.2, -0.15) is 0 Å². The number of hydrogen-bond donors (Lipinski definition) is 2. The lowest BCUT2D eigenvalue weighted by Gasteiger charge is -2.08. The van der Waals surface area contributed by atoms with Crippen LogP contribution in [0, 0.1) is 6.92 Å². The van der Waals surface area contributed by atoms with Gasteiger partial charge in [0.2, 0.25) is 0 Å². The Balaban J connectivity index is 1.79. The summed E-state index contributed by atoms with van der Waals surface area (Å²) in [5, 5.41) is 5.61. The Kier molecular flexibility index (Phi) is 9.20. The highest BCUT2D eigenvalue weighted by molar-refractivity contribution is 7.16. The number of aryl methyl sites for hydroxylation is 2. The Hall–Kier alpha value is -3.20. The lowest BCUT2D eigenvalue weighted by atomic mass is 10.1. The van der Waals surface area contributed by atoms with Gasteiger partial charge in [-0.3, -0.25) is 14.4 Å². The first-order chi connectivity index (χ1) is 14.8. The van der Waals surface area contributed by atoms with Gasteiger partial charge in [-0.25, -0.2) is 4.79 Å². The summed E-state index contributed by atoms with van der Waals surface area (Å²) in [6, 6.07) is 8.81. The summed E-state index contributed by atoms with van der Waals surface area (Å²) in [5.74, 6) is -1.98. The van der Waals surface area contributed by atoms with E-state index in [4.69, 9.17) is 9.47 Å². The molecule has 166 valence electrons. The molecule has 31 heavy (non-hydrogen) atoms. The lowest BCUT2D eigenvalue weighted by Crippen LogP contribution is -2.28. The molecule has 0 atom stereocenters. The molecule has 0 fully saturated rings. The third-order valence-corrected chi connectivity index (χ3v) is 5.44. The van der Waals surface area contributed by atoms with E-state index in [1.807, 2.05) is 26.0 Å². The molecule has 1 aromatic carbocycles. The maximum Gasteiger partial charge on any atom is 0.341 e. The highest BCUT2D eigenvalue weighted by atomic mass is 32.1. The number of rotatable bonds is 10. The average Bonchev–Trinajstić information content (AvgIpc) is 3.15. The highest BCUT2D eigenvalue weighted by Crippen LogP contribution is 2.29. The highest BCUT2D eigenvalue weighted by Gasteiger charge is 2.19. The molecule has 0 bridgehead atoms. The Bertz CT molecular complexity index is 953. The van der Waals surface area contributed by atoms with Crippen LogP contribution in [0.4, 0.5) is 5.00 Å². The molecule has 0 aliphatic carbocycles. The first-order valence-electron chi connectivity index (χ1n) is 9.94. The molecule has 2 N–H and O–H groups in total. The molecular formula is C22H26N2O6S. The molecule has 0 unspecified atom stereocenters. The van der Waals surface area contributed by atoms with Crippen molar-refractivity contribution < 1.29 is 28.7 Å². The fourth-order valence-corrected chi connectivity index (χ4v) is 3.65. The third kappa shape index (κ3) is 7.21. The van der Waals surface area contributed by atoms with Gasteiger partial charge < -0.3 is 20.1 Å². The van der Waals surface area contributed by atoms with E-state index in [9.17, 15) is 19.2 Å². The van der Waals surface area contributed by atoms with Gasteiger partial charge in [0.15, 0.2) is 6.61 Å². The fourth-order valence-electron chi connectivity index (χ4n) is 2.65. The number of hydrogen-bond acceptors (Lipinski definition) is 7. The van der Waals surface area contributed by atoms with Crippen LogP contribution in [0.15, 0.2) is 30.3 Å². The van der Waals surface area contributed by atoms with Crippen molar-refractivity contribution in [3.05, 3.63) is 51.9 Å².